The minimum Gasteiger partial charge on any atom is -0.352 e. The van der Waals surface area contributed by atoms with E-state index in [9.17, 15) is 9.59 Å². The molecule has 0 aliphatic carbocycles. The third kappa shape index (κ3) is 6.46. The fourth-order valence-electron chi connectivity index (χ4n) is 1.90. The molecular formula is C17H20N2O2S2. The lowest BCUT2D eigenvalue weighted by atomic mass is 10.1. The van der Waals surface area contributed by atoms with E-state index in [1.165, 1.54) is 12.5 Å². The van der Waals surface area contributed by atoms with Crippen LogP contribution in [0.25, 0.3) is 0 Å². The van der Waals surface area contributed by atoms with Crippen molar-refractivity contribution in [3.63, 3.8) is 0 Å². The first-order valence-electron chi connectivity index (χ1n) is 7.35. The van der Waals surface area contributed by atoms with E-state index in [0.29, 0.717) is 18.7 Å². The average Bonchev–Trinajstić information content (AvgIpc) is 3.06. The molecule has 0 aliphatic heterocycles. The van der Waals surface area contributed by atoms with Crippen LogP contribution in [-0.4, -0.2) is 24.1 Å². The fourth-order valence-corrected chi connectivity index (χ4v) is 3.48. The highest BCUT2D eigenvalue weighted by Crippen LogP contribution is 2.14. The Labute approximate surface area is 144 Å². The Bertz CT molecular complexity index is 625. The second-order valence-electron chi connectivity index (χ2n) is 5.05. The number of carbonyl (C=O) groups excluding carboxylic acids is 2. The smallest absolute Gasteiger partial charge is 0.251 e. The number of rotatable bonds is 8. The van der Waals surface area contributed by atoms with Gasteiger partial charge in [0.25, 0.3) is 5.91 Å². The molecule has 0 unspecified atom stereocenters. The molecule has 0 aliphatic rings. The van der Waals surface area contributed by atoms with Gasteiger partial charge in [0.05, 0.1) is 0 Å². The van der Waals surface area contributed by atoms with Gasteiger partial charge in [-0.3, -0.25) is 9.59 Å². The number of thiophene rings is 1. The van der Waals surface area contributed by atoms with Crippen LogP contribution in [0.15, 0.2) is 41.1 Å². The molecule has 1 heterocycles. The number of hydrogen-bond donors (Lipinski definition) is 2. The third-order valence-corrected chi connectivity index (χ3v) is 4.90. The van der Waals surface area contributed by atoms with Gasteiger partial charge in [-0.05, 0) is 40.1 Å². The third-order valence-electron chi connectivity index (χ3n) is 3.14. The highest BCUT2D eigenvalue weighted by Gasteiger charge is 2.05. The molecule has 23 heavy (non-hydrogen) atoms. The monoisotopic (exact) mass is 348 g/mol. The fraction of sp³-hybridized carbons (Fsp3) is 0.294. The maximum atomic E-state index is 12.0. The van der Waals surface area contributed by atoms with Crippen molar-refractivity contribution in [1.29, 1.82) is 0 Å². The maximum Gasteiger partial charge on any atom is 0.251 e. The molecule has 4 nitrogen and oxygen atoms in total. The zero-order chi connectivity index (χ0) is 16.5. The quantitative estimate of drug-likeness (QED) is 0.721. The van der Waals surface area contributed by atoms with Crippen LogP contribution in [0.4, 0.5) is 0 Å². The number of thioether (sulfide) groups is 1. The highest BCUT2D eigenvalue weighted by atomic mass is 32.2. The Morgan fingerprint density at radius 2 is 1.87 bits per heavy atom. The molecule has 0 saturated heterocycles. The van der Waals surface area contributed by atoms with Crippen LogP contribution in [0.1, 0.15) is 28.4 Å². The summed E-state index contributed by atoms with van der Waals surface area (Å²) < 4.78 is 0. The standard InChI is InChI=1S/C17H20N2O2S2/c1-13(20)19-10-14-2-4-16(5-3-14)17(21)18-7-9-23-12-15-6-8-22-11-15/h2-6,8,11H,7,9-10,12H2,1H3,(H,18,21)(H,19,20). The van der Waals surface area contributed by atoms with Gasteiger partial charge in [0, 0.05) is 37.1 Å². The summed E-state index contributed by atoms with van der Waals surface area (Å²) in [5, 5.41) is 9.87. The number of carbonyl (C=O) groups is 2. The van der Waals surface area contributed by atoms with Crippen LogP contribution in [0, 0.1) is 0 Å². The predicted octanol–water partition coefficient (Wildman–Crippen LogP) is 3.05. The summed E-state index contributed by atoms with van der Waals surface area (Å²) in [6.45, 7) is 2.62. The summed E-state index contributed by atoms with van der Waals surface area (Å²) in [6, 6.07) is 9.40. The Hall–Kier alpha value is -1.79. The van der Waals surface area contributed by atoms with Crippen LogP contribution in [-0.2, 0) is 17.1 Å². The minimum atomic E-state index is -0.0632. The van der Waals surface area contributed by atoms with Crippen LogP contribution in [0.2, 0.25) is 0 Å². The SMILES string of the molecule is CC(=O)NCc1ccc(C(=O)NCCSCc2ccsc2)cc1. The van der Waals surface area contributed by atoms with E-state index in [2.05, 4.69) is 27.5 Å². The molecular weight excluding hydrogens is 328 g/mol. The van der Waals surface area contributed by atoms with E-state index in [1.807, 2.05) is 23.9 Å². The molecule has 2 rings (SSSR count). The zero-order valence-electron chi connectivity index (χ0n) is 13.0. The summed E-state index contributed by atoms with van der Waals surface area (Å²) >= 11 is 3.52. The van der Waals surface area contributed by atoms with Gasteiger partial charge >= 0.3 is 0 Å². The molecule has 1 aromatic carbocycles. The summed E-state index contributed by atoms with van der Waals surface area (Å²) in [7, 11) is 0. The Morgan fingerprint density at radius 3 is 2.52 bits per heavy atom. The van der Waals surface area contributed by atoms with Gasteiger partial charge in [-0.1, -0.05) is 12.1 Å². The van der Waals surface area contributed by atoms with E-state index < -0.39 is 0 Å². The van der Waals surface area contributed by atoms with Gasteiger partial charge in [-0.15, -0.1) is 0 Å². The van der Waals surface area contributed by atoms with E-state index >= 15 is 0 Å². The molecule has 122 valence electrons. The first kappa shape index (κ1) is 17.6. The molecule has 6 heteroatoms. The average molecular weight is 348 g/mol. The Kier molecular flexibility index (Phi) is 7.16. The van der Waals surface area contributed by atoms with Gasteiger partial charge < -0.3 is 10.6 Å². The second-order valence-corrected chi connectivity index (χ2v) is 6.93. The first-order chi connectivity index (χ1) is 11.1. The van der Waals surface area contributed by atoms with Crippen molar-refractivity contribution in [2.45, 2.75) is 19.2 Å². The van der Waals surface area contributed by atoms with Gasteiger partial charge in [0.15, 0.2) is 0 Å². The lowest BCUT2D eigenvalue weighted by molar-refractivity contribution is -0.119. The number of nitrogens with one attached hydrogen (secondary N) is 2. The summed E-state index contributed by atoms with van der Waals surface area (Å²) in [5.74, 6) is 1.75. The Balaban J connectivity index is 1.67. The van der Waals surface area contributed by atoms with Crippen molar-refractivity contribution in [3.8, 4) is 0 Å². The predicted molar refractivity (Wildman–Crippen MR) is 96.8 cm³/mol. The summed E-state index contributed by atoms with van der Waals surface area (Å²) in [4.78, 5) is 22.9. The van der Waals surface area contributed by atoms with Crippen molar-refractivity contribution >= 4 is 34.9 Å². The normalized spacial score (nSPS) is 10.3. The largest absolute Gasteiger partial charge is 0.352 e. The van der Waals surface area contributed by atoms with Crippen molar-refractivity contribution in [1.82, 2.24) is 10.6 Å². The molecule has 0 fully saturated rings. The second kappa shape index (κ2) is 9.37. The van der Waals surface area contributed by atoms with Crippen molar-refractivity contribution in [2.24, 2.45) is 0 Å². The number of benzene rings is 1. The number of amides is 2. The molecule has 0 saturated carbocycles. The summed E-state index contributed by atoms with van der Waals surface area (Å²) in [5.41, 5.74) is 2.95. The van der Waals surface area contributed by atoms with E-state index in [0.717, 1.165) is 17.1 Å². The molecule has 2 aromatic rings. The number of hydrogen-bond acceptors (Lipinski definition) is 4. The van der Waals surface area contributed by atoms with Crippen LogP contribution in [0.3, 0.4) is 0 Å². The van der Waals surface area contributed by atoms with E-state index in [1.54, 1.807) is 23.5 Å². The molecule has 0 radical (unpaired) electrons. The van der Waals surface area contributed by atoms with Gasteiger partial charge in [-0.2, -0.15) is 23.1 Å². The van der Waals surface area contributed by atoms with Crippen LogP contribution < -0.4 is 10.6 Å². The maximum absolute atomic E-state index is 12.0. The lowest BCUT2D eigenvalue weighted by Gasteiger charge is -2.06. The van der Waals surface area contributed by atoms with Crippen molar-refractivity contribution < 1.29 is 9.59 Å². The molecule has 0 atom stereocenters. The van der Waals surface area contributed by atoms with E-state index in [4.69, 9.17) is 0 Å². The molecule has 1 aromatic heterocycles. The van der Waals surface area contributed by atoms with Gasteiger partial charge in [-0.25, -0.2) is 0 Å². The molecule has 2 amide bonds. The topological polar surface area (TPSA) is 58.2 Å². The van der Waals surface area contributed by atoms with E-state index in [-0.39, 0.29) is 11.8 Å². The van der Waals surface area contributed by atoms with Crippen LogP contribution >= 0.6 is 23.1 Å². The van der Waals surface area contributed by atoms with Crippen molar-refractivity contribution in [3.05, 3.63) is 57.8 Å². The summed E-state index contributed by atoms with van der Waals surface area (Å²) in [6.07, 6.45) is 0. The lowest BCUT2D eigenvalue weighted by Crippen LogP contribution is -2.25. The molecule has 0 bridgehead atoms. The zero-order valence-corrected chi connectivity index (χ0v) is 14.6. The van der Waals surface area contributed by atoms with Gasteiger partial charge in [0.1, 0.15) is 0 Å². The van der Waals surface area contributed by atoms with Crippen molar-refractivity contribution in [2.75, 3.05) is 12.3 Å². The molecule has 0 spiro atoms. The highest BCUT2D eigenvalue weighted by molar-refractivity contribution is 7.98. The molecule has 2 N–H and O–H groups in total. The van der Waals surface area contributed by atoms with Gasteiger partial charge in [0.2, 0.25) is 5.91 Å². The first-order valence-corrected chi connectivity index (χ1v) is 9.45. The van der Waals surface area contributed by atoms with Crippen LogP contribution in [0.5, 0.6) is 0 Å². The Morgan fingerprint density at radius 1 is 1.09 bits per heavy atom. The minimum absolute atomic E-state index is 0.0628.